The maximum atomic E-state index is 12.0. The molecule has 2 heterocycles. The number of aliphatic imine (C=N–C) groups is 1. The molecular weight excluding hydrogens is 477 g/mol. The molecule has 1 aromatic rings. The summed E-state index contributed by atoms with van der Waals surface area (Å²) in [6, 6.07) is -0.0388. The van der Waals surface area contributed by atoms with Crippen LogP contribution in [0, 0.1) is 6.92 Å². The van der Waals surface area contributed by atoms with E-state index in [0.29, 0.717) is 17.2 Å². The van der Waals surface area contributed by atoms with Crippen LogP contribution in [0.15, 0.2) is 4.99 Å². The highest BCUT2D eigenvalue weighted by atomic mass is 127. The van der Waals surface area contributed by atoms with Crippen molar-refractivity contribution in [2.75, 3.05) is 39.8 Å². The molecule has 1 saturated heterocycles. The number of halogens is 1. The lowest BCUT2D eigenvalue weighted by Gasteiger charge is -2.26. The smallest absolute Gasteiger partial charge is 0.350 e. The molecule has 1 fully saturated rings. The van der Waals surface area contributed by atoms with Gasteiger partial charge in [0.25, 0.3) is 0 Å². The van der Waals surface area contributed by atoms with E-state index in [1.54, 1.807) is 14.0 Å². The van der Waals surface area contributed by atoms with Gasteiger partial charge in [0.2, 0.25) is 0 Å². The first-order valence-corrected chi connectivity index (χ1v) is 10.2. The first-order valence-electron chi connectivity index (χ1n) is 9.39. The third-order valence-corrected chi connectivity index (χ3v) is 5.71. The maximum absolute atomic E-state index is 12.0. The van der Waals surface area contributed by atoms with Crippen molar-refractivity contribution in [3.8, 4) is 0 Å². The summed E-state index contributed by atoms with van der Waals surface area (Å²) in [5.74, 6) is 0.449. The largest absolute Gasteiger partial charge is 0.462 e. The molecule has 1 aromatic heterocycles. The second-order valence-corrected chi connectivity index (χ2v) is 7.49. The Kier molecular flexibility index (Phi) is 11.2. The molecule has 1 aliphatic rings. The first-order chi connectivity index (χ1) is 12.5. The van der Waals surface area contributed by atoms with Gasteiger partial charge in [-0.3, -0.25) is 4.99 Å². The molecule has 0 saturated carbocycles. The highest BCUT2D eigenvalue weighted by molar-refractivity contribution is 14.0. The number of nitrogens with zero attached hydrogens (tertiary/aromatic N) is 3. The number of aryl methyl sites for hydroxylation is 1. The summed E-state index contributed by atoms with van der Waals surface area (Å²) in [6.07, 6.45) is 3.96. The van der Waals surface area contributed by atoms with Crippen molar-refractivity contribution >= 4 is 47.2 Å². The van der Waals surface area contributed by atoms with E-state index >= 15 is 0 Å². The van der Waals surface area contributed by atoms with Gasteiger partial charge >= 0.3 is 5.97 Å². The van der Waals surface area contributed by atoms with Crippen molar-refractivity contribution in [1.82, 2.24) is 20.5 Å². The SMILES string of the molecule is CCOC(=O)c1sc(C(C)NC(=NC)NCCN2CCCCC2)nc1C.I. The molecule has 1 unspecified atom stereocenters. The highest BCUT2D eigenvalue weighted by Gasteiger charge is 2.20. The van der Waals surface area contributed by atoms with Gasteiger partial charge in [-0.2, -0.15) is 0 Å². The molecule has 1 atom stereocenters. The molecular formula is C18H32IN5O2S. The van der Waals surface area contributed by atoms with Crippen LogP contribution >= 0.6 is 35.3 Å². The van der Waals surface area contributed by atoms with E-state index in [1.165, 1.54) is 43.7 Å². The van der Waals surface area contributed by atoms with E-state index in [0.717, 1.165) is 24.1 Å². The predicted octanol–water partition coefficient (Wildman–Crippen LogP) is 2.96. The number of thiazole rings is 1. The average molecular weight is 509 g/mol. The summed E-state index contributed by atoms with van der Waals surface area (Å²) < 4.78 is 5.09. The van der Waals surface area contributed by atoms with E-state index in [9.17, 15) is 4.79 Å². The third kappa shape index (κ3) is 7.53. The van der Waals surface area contributed by atoms with Crippen molar-refractivity contribution in [2.45, 2.75) is 46.1 Å². The summed E-state index contributed by atoms with van der Waals surface area (Å²) in [7, 11) is 1.76. The molecule has 0 radical (unpaired) electrons. The van der Waals surface area contributed by atoms with E-state index < -0.39 is 0 Å². The Morgan fingerprint density at radius 2 is 2.07 bits per heavy atom. The second-order valence-electron chi connectivity index (χ2n) is 6.45. The van der Waals surface area contributed by atoms with Gasteiger partial charge in [0.1, 0.15) is 9.88 Å². The van der Waals surface area contributed by atoms with Crippen molar-refractivity contribution in [3.63, 3.8) is 0 Å². The third-order valence-electron chi connectivity index (χ3n) is 4.39. The summed E-state index contributed by atoms with van der Waals surface area (Å²) in [5.41, 5.74) is 0.713. The minimum absolute atomic E-state index is 0. The number of guanidine groups is 1. The normalized spacial score (nSPS) is 16.4. The molecule has 0 bridgehead atoms. The summed E-state index contributed by atoms with van der Waals surface area (Å²) in [4.78, 5) is 23.8. The number of carbonyl (C=O) groups excluding carboxylic acids is 1. The van der Waals surface area contributed by atoms with E-state index in [-0.39, 0.29) is 36.0 Å². The Hall–Kier alpha value is -0.940. The molecule has 0 amide bonds. The van der Waals surface area contributed by atoms with Crippen LogP contribution in [0.3, 0.4) is 0 Å². The van der Waals surface area contributed by atoms with Crippen LogP contribution in [-0.4, -0.2) is 61.6 Å². The Morgan fingerprint density at radius 1 is 1.37 bits per heavy atom. The fraction of sp³-hybridized carbons (Fsp3) is 0.722. The molecule has 0 aromatic carbocycles. The fourth-order valence-electron chi connectivity index (χ4n) is 2.97. The highest BCUT2D eigenvalue weighted by Crippen LogP contribution is 2.24. The molecule has 0 aliphatic carbocycles. The second kappa shape index (κ2) is 12.5. The zero-order valence-electron chi connectivity index (χ0n) is 16.7. The van der Waals surface area contributed by atoms with E-state index in [1.807, 2.05) is 13.8 Å². The number of carbonyl (C=O) groups is 1. The number of piperidine rings is 1. The standard InChI is InChI=1S/C18H31N5O2S.HI/c1-5-25-17(24)15-13(2)21-16(26-15)14(3)22-18(19-4)20-9-12-23-10-7-6-8-11-23;/h14H,5-12H2,1-4H3,(H2,19,20,22);1H. The Labute approximate surface area is 183 Å². The van der Waals surface area contributed by atoms with E-state index in [4.69, 9.17) is 4.74 Å². The molecule has 27 heavy (non-hydrogen) atoms. The quantitative estimate of drug-likeness (QED) is 0.255. The van der Waals surface area contributed by atoms with Crippen LogP contribution in [0.5, 0.6) is 0 Å². The number of hydrogen-bond donors (Lipinski definition) is 2. The van der Waals surface area contributed by atoms with Gasteiger partial charge < -0.3 is 20.3 Å². The van der Waals surface area contributed by atoms with Crippen LogP contribution in [0.1, 0.15) is 59.5 Å². The van der Waals surface area contributed by atoms with E-state index in [2.05, 4.69) is 25.5 Å². The maximum Gasteiger partial charge on any atom is 0.350 e. The average Bonchev–Trinajstić information content (AvgIpc) is 3.04. The molecule has 1 aliphatic heterocycles. The minimum atomic E-state index is -0.301. The zero-order valence-corrected chi connectivity index (χ0v) is 19.9. The Balaban J connectivity index is 0.00000364. The number of likely N-dealkylation sites (tertiary alicyclic amines) is 1. The number of hydrogen-bond acceptors (Lipinski definition) is 6. The van der Waals surface area contributed by atoms with Gasteiger partial charge in [0.05, 0.1) is 18.3 Å². The number of aromatic nitrogens is 1. The van der Waals surface area contributed by atoms with Crippen molar-refractivity contribution in [3.05, 3.63) is 15.6 Å². The molecule has 2 rings (SSSR count). The number of ether oxygens (including phenoxy) is 1. The van der Waals surface area contributed by atoms with Crippen LogP contribution in [-0.2, 0) is 4.74 Å². The monoisotopic (exact) mass is 509 g/mol. The molecule has 7 nitrogen and oxygen atoms in total. The van der Waals surface area contributed by atoms with Crippen molar-refractivity contribution in [2.24, 2.45) is 4.99 Å². The Morgan fingerprint density at radius 3 is 2.70 bits per heavy atom. The lowest BCUT2D eigenvalue weighted by molar-refractivity contribution is 0.0531. The van der Waals surface area contributed by atoms with Crippen molar-refractivity contribution < 1.29 is 9.53 Å². The van der Waals surface area contributed by atoms with Gasteiger partial charge in [0.15, 0.2) is 5.96 Å². The zero-order chi connectivity index (χ0) is 18.9. The van der Waals surface area contributed by atoms with Gasteiger partial charge in [-0.1, -0.05) is 6.42 Å². The lowest BCUT2D eigenvalue weighted by Crippen LogP contribution is -2.43. The summed E-state index contributed by atoms with van der Waals surface area (Å²) in [5, 5.41) is 7.56. The van der Waals surface area contributed by atoms with Gasteiger partial charge in [-0.25, -0.2) is 9.78 Å². The number of nitrogens with one attached hydrogen (secondary N) is 2. The number of esters is 1. The number of rotatable bonds is 7. The van der Waals surface area contributed by atoms with Crippen molar-refractivity contribution in [1.29, 1.82) is 0 Å². The summed E-state index contributed by atoms with van der Waals surface area (Å²) >= 11 is 1.38. The molecule has 154 valence electrons. The molecule has 9 heteroatoms. The molecule has 0 spiro atoms. The van der Waals surface area contributed by atoms with Crippen LogP contribution in [0.4, 0.5) is 0 Å². The van der Waals surface area contributed by atoms with Crippen LogP contribution < -0.4 is 10.6 Å². The van der Waals surface area contributed by atoms with Gasteiger partial charge in [-0.15, -0.1) is 35.3 Å². The predicted molar refractivity (Wildman–Crippen MR) is 121 cm³/mol. The Bertz CT molecular complexity index is 617. The van der Waals surface area contributed by atoms with Gasteiger partial charge in [-0.05, 0) is 46.7 Å². The topological polar surface area (TPSA) is 78.8 Å². The fourth-order valence-corrected chi connectivity index (χ4v) is 3.93. The molecule has 2 N–H and O–H groups in total. The summed E-state index contributed by atoms with van der Waals surface area (Å²) in [6.45, 7) is 10.3. The van der Waals surface area contributed by atoms with Gasteiger partial charge in [0, 0.05) is 20.1 Å². The minimum Gasteiger partial charge on any atom is -0.462 e. The van der Waals surface area contributed by atoms with Crippen LogP contribution in [0.2, 0.25) is 0 Å². The first kappa shape index (κ1) is 24.1. The lowest BCUT2D eigenvalue weighted by atomic mass is 10.1. The van der Waals surface area contributed by atoms with Crippen LogP contribution in [0.25, 0.3) is 0 Å².